The van der Waals surface area contributed by atoms with E-state index in [1.807, 2.05) is 0 Å². The van der Waals surface area contributed by atoms with Gasteiger partial charge in [0.15, 0.2) is 0 Å². The fourth-order valence-electron chi connectivity index (χ4n) is 1.50. The normalized spacial score (nSPS) is 18.5. The second kappa shape index (κ2) is 4.35. The monoisotopic (exact) mass is 137 g/mol. The van der Waals surface area contributed by atoms with Crippen LogP contribution in [-0.4, -0.2) is 6.54 Å². The van der Waals surface area contributed by atoms with E-state index in [1.54, 1.807) is 0 Å². The van der Waals surface area contributed by atoms with Crippen LogP contribution in [0.5, 0.6) is 0 Å². The molecule has 1 aliphatic carbocycles. The van der Waals surface area contributed by atoms with Gasteiger partial charge in [-0.15, -0.1) is 5.92 Å². The lowest BCUT2D eigenvalue weighted by Gasteiger charge is -1.99. The van der Waals surface area contributed by atoms with Crippen LogP contribution in [0.15, 0.2) is 0 Å². The summed E-state index contributed by atoms with van der Waals surface area (Å²) in [5.74, 6) is 6.89. The van der Waals surface area contributed by atoms with Gasteiger partial charge >= 0.3 is 0 Å². The van der Waals surface area contributed by atoms with Gasteiger partial charge in [0.25, 0.3) is 0 Å². The molecule has 0 atom stereocenters. The number of hydrogen-bond donors (Lipinski definition) is 1. The van der Waals surface area contributed by atoms with Crippen LogP contribution >= 0.6 is 0 Å². The molecule has 0 aromatic carbocycles. The van der Waals surface area contributed by atoms with Crippen molar-refractivity contribution in [1.82, 2.24) is 0 Å². The highest BCUT2D eigenvalue weighted by molar-refractivity contribution is 5.01. The number of nitrogens with two attached hydrogens (primary N) is 1. The Bertz CT molecular complexity index is 135. The molecular formula is C9H15N. The zero-order valence-corrected chi connectivity index (χ0v) is 6.40. The van der Waals surface area contributed by atoms with Crippen LogP contribution in [-0.2, 0) is 0 Å². The highest BCUT2D eigenvalue weighted by Gasteiger charge is 2.12. The summed E-state index contributed by atoms with van der Waals surface area (Å²) < 4.78 is 0. The third kappa shape index (κ3) is 2.41. The van der Waals surface area contributed by atoms with Crippen LogP contribution in [0.2, 0.25) is 0 Å². The van der Waals surface area contributed by atoms with Gasteiger partial charge in [0.1, 0.15) is 0 Å². The summed E-state index contributed by atoms with van der Waals surface area (Å²) in [5, 5.41) is 0. The summed E-state index contributed by atoms with van der Waals surface area (Å²) in [6, 6.07) is 0. The van der Waals surface area contributed by atoms with Gasteiger partial charge in [0.2, 0.25) is 0 Å². The van der Waals surface area contributed by atoms with Crippen molar-refractivity contribution in [3.05, 3.63) is 0 Å². The summed E-state index contributed by atoms with van der Waals surface area (Å²) >= 11 is 0. The Labute approximate surface area is 63.0 Å². The van der Waals surface area contributed by atoms with Gasteiger partial charge in [-0.1, -0.05) is 18.8 Å². The topological polar surface area (TPSA) is 26.0 Å². The first kappa shape index (κ1) is 7.63. The Balaban J connectivity index is 2.12. The summed E-state index contributed by atoms with van der Waals surface area (Å²) in [4.78, 5) is 0. The second-order valence-electron chi connectivity index (χ2n) is 2.91. The molecule has 1 nitrogen and oxygen atoms in total. The minimum atomic E-state index is 0.521. The fourth-order valence-corrected chi connectivity index (χ4v) is 1.50. The van der Waals surface area contributed by atoms with E-state index < -0.39 is 0 Å². The molecule has 0 aromatic heterocycles. The zero-order valence-electron chi connectivity index (χ0n) is 6.40. The molecule has 0 spiro atoms. The van der Waals surface area contributed by atoms with Crippen molar-refractivity contribution in [3.63, 3.8) is 0 Å². The molecule has 0 saturated heterocycles. The molecule has 56 valence electrons. The van der Waals surface area contributed by atoms with Crippen LogP contribution in [0.4, 0.5) is 0 Å². The molecule has 2 N–H and O–H groups in total. The first-order valence-corrected chi connectivity index (χ1v) is 4.09. The van der Waals surface area contributed by atoms with Crippen LogP contribution in [0.25, 0.3) is 0 Å². The van der Waals surface area contributed by atoms with Gasteiger partial charge in [-0.25, -0.2) is 0 Å². The molecule has 1 saturated carbocycles. The maximum atomic E-state index is 5.24. The third-order valence-corrected chi connectivity index (χ3v) is 2.09. The second-order valence-corrected chi connectivity index (χ2v) is 2.91. The van der Waals surface area contributed by atoms with E-state index in [4.69, 9.17) is 5.73 Å². The maximum absolute atomic E-state index is 5.24. The fraction of sp³-hybridized carbons (Fsp3) is 0.778. The molecule has 0 bridgehead atoms. The lowest BCUT2D eigenvalue weighted by molar-refractivity contribution is 0.566. The van der Waals surface area contributed by atoms with Gasteiger partial charge in [-0.05, 0) is 18.8 Å². The summed E-state index contributed by atoms with van der Waals surface area (Å²) in [7, 11) is 0. The molecule has 0 aliphatic heterocycles. The van der Waals surface area contributed by atoms with Crippen molar-refractivity contribution in [3.8, 4) is 11.8 Å². The molecule has 10 heavy (non-hydrogen) atoms. The van der Waals surface area contributed by atoms with E-state index in [9.17, 15) is 0 Å². The van der Waals surface area contributed by atoms with Crippen molar-refractivity contribution < 1.29 is 0 Å². The van der Waals surface area contributed by atoms with E-state index in [0.29, 0.717) is 6.54 Å². The quantitative estimate of drug-likeness (QED) is 0.545. The summed E-state index contributed by atoms with van der Waals surface area (Å²) in [6.45, 7) is 0.521. The Morgan fingerprint density at radius 3 is 2.50 bits per heavy atom. The first-order chi connectivity index (χ1) is 4.93. The number of rotatable bonds is 1. The molecule has 1 heteroatoms. The van der Waals surface area contributed by atoms with E-state index >= 15 is 0 Å². The minimum Gasteiger partial charge on any atom is -0.320 e. The van der Waals surface area contributed by atoms with Crippen LogP contribution in [0.1, 0.15) is 32.1 Å². The Kier molecular flexibility index (Phi) is 3.32. The van der Waals surface area contributed by atoms with Crippen molar-refractivity contribution in [2.45, 2.75) is 32.1 Å². The Morgan fingerprint density at radius 1 is 1.20 bits per heavy atom. The molecule has 0 amide bonds. The minimum absolute atomic E-state index is 0.521. The van der Waals surface area contributed by atoms with E-state index in [1.165, 1.54) is 25.7 Å². The van der Waals surface area contributed by atoms with Crippen molar-refractivity contribution >= 4 is 0 Å². The van der Waals surface area contributed by atoms with Gasteiger partial charge in [-0.2, -0.15) is 0 Å². The van der Waals surface area contributed by atoms with Crippen LogP contribution in [0.3, 0.4) is 0 Å². The average Bonchev–Trinajstić information content (AvgIpc) is 2.41. The van der Waals surface area contributed by atoms with E-state index in [-0.39, 0.29) is 0 Å². The van der Waals surface area contributed by atoms with Crippen LogP contribution in [0, 0.1) is 17.8 Å². The SMILES string of the molecule is NCC#CCC1CCCC1. The van der Waals surface area contributed by atoms with Crippen molar-refractivity contribution in [1.29, 1.82) is 0 Å². The van der Waals surface area contributed by atoms with Crippen LogP contribution < -0.4 is 5.73 Å². The molecule has 0 unspecified atom stereocenters. The summed E-state index contributed by atoms with van der Waals surface area (Å²) in [6.07, 6.45) is 6.68. The largest absolute Gasteiger partial charge is 0.320 e. The predicted molar refractivity (Wildman–Crippen MR) is 43.4 cm³/mol. The van der Waals surface area contributed by atoms with E-state index in [0.717, 1.165) is 12.3 Å². The maximum Gasteiger partial charge on any atom is 0.0551 e. The highest BCUT2D eigenvalue weighted by Crippen LogP contribution is 2.26. The molecule has 0 radical (unpaired) electrons. The standard InChI is InChI=1S/C9H15N/c10-8-4-3-7-9-5-1-2-6-9/h9H,1-2,5-8,10H2. The average molecular weight is 137 g/mol. The van der Waals surface area contributed by atoms with Gasteiger partial charge < -0.3 is 5.73 Å². The Hall–Kier alpha value is -0.480. The molecule has 1 aliphatic rings. The lowest BCUT2D eigenvalue weighted by Crippen LogP contribution is -1.94. The predicted octanol–water partition coefficient (Wildman–Crippen LogP) is 1.53. The van der Waals surface area contributed by atoms with Gasteiger partial charge in [0, 0.05) is 6.42 Å². The van der Waals surface area contributed by atoms with Crippen molar-refractivity contribution in [2.24, 2.45) is 11.7 Å². The van der Waals surface area contributed by atoms with Gasteiger partial charge in [-0.3, -0.25) is 0 Å². The van der Waals surface area contributed by atoms with Crippen molar-refractivity contribution in [2.75, 3.05) is 6.54 Å². The molecule has 0 heterocycles. The highest BCUT2D eigenvalue weighted by atomic mass is 14.5. The lowest BCUT2D eigenvalue weighted by atomic mass is 10.1. The van der Waals surface area contributed by atoms with Gasteiger partial charge in [0.05, 0.1) is 6.54 Å². The number of hydrogen-bond acceptors (Lipinski definition) is 1. The van der Waals surface area contributed by atoms with E-state index in [2.05, 4.69) is 11.8 Å². The third-order valence-electron chi connectivity index (χ3n) is 2.09. The zero-order chi connectivity index (χ0) is 7.23. The molecule has 1 fully saturated rings. The first-order valence-electron chi connectivity index (χ1n) is 4.09. The summed E-state index contributed by atoms with van der Waals surface area (Å²) in [5.41, 5.74) is 5.24. The Morgan fingerprint density at radius 2 is 1.90 bits per heavy atom. The molecule has 0 aromatic rings. The molecular weight excluding hydrogens is 122 g/mol. The molecule has 1 rings (SSSR count). The smallest absolute Gasteiger partial charge is 0.0551 e.